The smallest absolute Gasteiger partial charge is 0.435 e. The van der Waals surface area contributed by atoms with Crippen LogP contribution in [-0.4, -0.2) is 34.6 Å². The number of aromatic nitrogens is 2. The Kier molecular flexibility index (Phi) is 4.49. The molecule has 1 heterocycles. The van der Waals surface area contributed by atoms with Crippen molar-refractivity contribution in [3.05, 3.63) is 35.8 Å². The monoisotopic (exact) mass is 320 g/mol. The van der Waals surface area contributed by atoms with E-state index in [2.05, 4.69) is 9.84 Å². The van der Waals surface area contributed by atoms with Crippen LogP contribution in [0.5, 0.6) is 0 Å². The maximum Gasteiger partial charge on any atom is 0.435 e. The number of fused-ring (bicyclic) bond motifs is 1. The first kappa shape index (κ1) is 16.7. The molecule has 0 spiro atoms. The van der Waals surface area contributed by atoms with Gasteiger partial charge in [-0.05, 0) is 39.0 Å². The van der Waals surface area contributed by atoms with Crippen LogP contribution in [-0.2, 0) is 14.3 Å². The van der Waals surface area contributed by atoms with Crippen molar-refractivity contribution in [1.29, 1.82) is 0 Å². The Morgan fingerprint density at radius 2 is 2.00 bits per heavy atom. The average Bonchev–Trinajstić information content (AvgIpc) is 2.83. The molecule has 0 saturated heterocycles. The highest BCUT2D eigenvalue weighted by Gasteiger charge is 2.22. The molecule has 0 N–H and O–H groups in total. The van der Waals surface area contributed by atoms with Crippen molar-refractivity contribution in [2.24, 2.45) is 0 Å². The van der Waals surface area contributed by atoms with Gasteiger partial charge in [-0.2, -0.15) is 9.78 Å². The summed E-state index contributed by atoms with van der Waals surface area (Å²) in [5, 5.41) is 4.17. The Balaban J connectivity index is 2.55. The van der Waals surface area contributed by atoms with Gasteiger partial charge >= 0.3 is 12.1 Å². The van der Waals surface area contributed by atoms with Gasteiger partial charge in [0, 0.05) is 6.08 Å². The zero-order chi connectivity index (χ0) is 17.2. The first-order chi connectivity index (χ1) is 10.7. The number of ether oxygens (including phenoxy) is 2. The fourth-order valence-electron chi connectivity index (χ4n) is 1.93. The lowest BCUT2D eigenvalue weighted by molar-refractivity contribution is -0.134. The third-order valence-electron chi connectivity index (χ3n) is 2.83. The summed E-state index contributed by atoms with van der Waals surface area (Å²) >= 11 is 0. The molecule has 0 saturated carbocycles. The summed E-state index contributed by atoms with van der Waals surface area (Å²) in [6.45, 7) is 5.15. The third-order valence-corrected chi connectivity index (χ3v) is 2.83. The largest absolute Gasteiger partial charge is 0.466 e. The van der Waals surface area contributed by atoms with Crippen LogP contribution in [0.3, 0.4) is 0 Å². The van der Waals surface area contributed by atoms with Crippen LogP contribution in [0.25, 0.3) is 17.0 Å². The molecule has 0 aliphatic carbocycles. The maximum absolute atomic E-state index is 14.1. The zero-order valence-electron chi connectivity index (χ0n) is 13.3. The SMILES string of the molecule is COC(=O)C=Cc1nn(C(=O)OC(C)(C)C)c2cccc(F)c12. The van der Waals surface area contributed by atoms with Crippen molar-refractivity contribution in [2.75, 3.05) is 7.11 Å². The number of halogens is 1. The molecule has 0 unspecified atom stereocenters. The van der Waals surface area contributed by atoms with E-state index in [0.29, 0.717) is 0 Å². The fraction of sp³-hybridized carbons (Fsp3) is 0.312. The Bertz CT molecular complexity index is 787. The van der Waals surface area contributed by atoms with Crippen LogP contribution in [0.4, 0.5) is 9.18 Å². The van der Waals surface area contributed by atoms with Gasteiger partial charge in [0.2, 0.25) is 0 Å². The number of carbonyl (C=O) groups is 2. The van der Waals surface area contributed by atoms with Crippen LogP contribution in [0.15, 0.2) is 24.3 Å². The second-order valence-corrected chi connectivity index (χ2v) is 5.77. The van der Waals surface area contributed by atoms with Gasteiger partial charge in [0.15, 0.2) is 0 Å². The number of hydrogen-bond acceptors (Lipinski definition) is 5. The summed E-state index contributed by atoms with van der Waals surface area (Å²) in [4.78, 5) is 23.4. The topological polar surface area (TPSA) is 70.4 Å². The fourth-order valence-corrected chi connectivity index (χ4v) is 1.93. The van der Waals surface area contributed by atoms with Crippen LogP contribution in [0.2, 0.25) is 0 Å². The van der Waals surface area contributed by atoms with E-state index < -0.39 is 23.5 Å². The minimum absolute atomic E-state index is 0.124. The minimum atomic E-state index is -0.731. The van der Waals surface area contributed by atoms with Crippen LogP contribution < -0.4 is 0 Å². The summed E-state index contributed by atoms with van der Waals surface area (Å²) in [5.74, 6) is -1.16. The van der Waals surface area contributed by atoms with Crippen molar-refractivity contribution >= 4 is 29.0 Å². The summed E-state index contributed by atoms with van der Waals surface area (Å²) in [6.07, 6.45) is 1.66. The number of esters is 1. The lowest BCUT2D eigenvalue weighted by Crippen LogP contribution is -2.27. The van der Waals surface area contributed by atoms with Gasteiger partial charge in [-0.25, -0.2) is 14.0 Å². The first-order valence-corrected chi connectivity index (χ1v) is 6.89. The first-order valence-electron chi connectivity index (χ1n) is 6.89. The molecule has 0 fully saturated rings. The van der Waals surface area contributed by atoms with E-state index in [1.54, 1.807) is 26.8 Å². The lowest BCUT2D eigenvalue weighted by Gasteiger charge is -2.19. The number of carbonyl (C=O) groups excluding carboxylic acids is 2. The van der Waals surface area contributed by atoms with E-state index in [0.717, 1.165) is 10.8 Å². The zero-order valence-corrected chi connectivity index (χ0v) is 13.3. The summed E-state index contributed by atoms with van der Waals surface area (Å²) in [5.41, 5.74) is -0.330. The standard InChI is InChI=1S/C16H17FN2O4/c1-16(2,3)23-15(21)19-12-7-5-6-10(17)14(12)11(18-19)8-9-13(20)22-4/h5-9H,1-4H3. The number of benzene rings is 1. The number of hydrogen-bond donors (Lipinski definition) is 0. The van der Waals surface area contributed by atoms with E-state index in [-0.39, 0.29) is 16.6 Å². The lowest BCUT2D eigenvalue weighted by atomic mass is 10.2. The molecular formula is C16H17FN2O4. The molecule has 0 aliphatic heterocycles. The highest BCUT2D eigenvalue weighted by molar-refractivity contribution is 5.96. The van der Waals surface area contributed by atoms with Gasteiger partial charge in [-0.1, -0.05) is 6.07 Å². The quantitative estimate of drug-likeness (QED) is 0.628. The summed E-state index contributed by atoms with van der Waals surface area (Å²) < 4.78 is 24.8. The normalized spacial score (nSPS) is 11.9. The Hall–Kier alpha value is -2.70. The molecule has 2 rings (SSSR count). The van der Waals surface area contributed by atoms with E-state index >= 15 is 0 Å². The molecule has 1 aromatic carbocycles. The Labute approximate surface area is 132 Å². The Morgan fingerprint density at radius 1 is 1.30 bits per heavy atom. The molecule has 23 heavy (non-hydrogen) atoms. The van der Waals surface area contributed by atoms with Gasteiger partial charge in [-0.15, -0.1) is 0 Å². The average molecular weight is 320 g/mol. The molecule has 0 atom stereocenters. The van der Waals surface area contributed by atoms with Crippen molar-refractivity contribution in [1.82, 2.24) is 9.78 Å². The number of nitrogens with zero attached hydrogens (tertiary/aromatic N) is 2. The summed E-state index contributed by atoms with van der Waals surface area (Å²) in [7, 11) is 1.23. The van der Waals surface area contributed by atoms with Crippen LogP contribution in [0.1, 0.15) is 26.5 Å². The Morgan fingerprint density at radius 3 is 2.61 bits per heavy atom. The predicted molar refractivity (Wildman–Crippen MR) is 82.4 cm³/mol. The molecule has 0 radical (unpaired) electrons. The second-order valence-electron chi connectivity index (χ2n) is 5.77. The highest BCUT2D eigenvalue weighted by Crippen LogP contribution is 2.24. The molecule has 0 amide bonds. The molecule has 0 aliphatic rings. The molecule has 122 valence electrons. The molecule has 6 nitrogen and oxygen atoms in total. The third kappa shape index (κ3) is 3.74. The molecule has 2 aromatic rings. The predicted octanol–water partition coefficient (Wildman–Crippen LogP) is 3.14. The van der Waals surface area contributed by atoms with E-state index in [1.807, 2.05) is 0 Å². The molecule has 1 aromatic heterocycles. The van der Waals surface area contributed by atoms with Crippen LogP contribution >= 0.6 is 0 Å². The van der Waals surface area contributed by atoms with E-state index in [9.17, 15) is 14.0 Å². The molecule has 0 bridgehead atoms. The van der Waals surface area contributed by atoms with Gasteiger partial charge in [0.25, 0.3) is 0 Å². The molecule has 7 heteroatoms. The summed E-state index contributed by atoms with van der Waals surface area (Å²) in [6, 6.07) is 4.26. The van der Waals surface area contributed by atoms with Crippen LogP contribution in [0, 0.1) is 5.82 Å². The van der Waals surface area contributed by atoms with E-state index in [1.165, 1.54) is 25.3 Å². The van der Waals surface area contributed by atoms with Crippen molar-refractivity contribution in [2.45, 2.75) is 26.4 Å². The van der Waals surface area contributed by atoms with E-state index in [4.69, 9.17) is 4.74 Å². The van der Waals surface area contributed by atoms with Crippen molar-refractivity contribution < 1.29 is 23.5 Å². The highest BCUT2D eigenvalue weighted by atomic mass is 19.1. The van der Waals surface area contributed by atoms with Crippen molar-refractivity contribution in [3.8, 4) is 0 Å². The maximum atomic E-state index is 14.1. The van der Waals surface area contributed by atoms with Crippen molar-refractivity contribution in [3.63, 3.8) is 0 Å². The minimum Gasteiger partial charge on any atom is -0.466 e. The molecular weight excluding hydrogens is 303 g/mol. The second kappa shape index (κ2) is 6.20. The van der Waals surface area contributed by atoms with Gasteiger partial charge in [-0.3, -0.25) is 0 Å². The number of methoxy groups -OCH3 is 1. The van der Waals surface area contributed by atoms with Gasteiger partial charge < -0.3 is 9.47 Å². The van der Waals surface area contributed by atoms with Gasteiger partial charge in [0.05, 0.1) is 23.7 Å². The number of rotatable bonds is 2. The van der Waals surface area contributed by atoms with Gasteiger partial charge in [0.1, 0.15) is 11.4 Å².